The quantitative estimate of drug-likeness (QED) is 0.390. The predicted octanol–water partition coefficient (Wildman–Crippen LogP) is 3.36. The molecule has 0 amide bonds. The van der Waals surface area contributed by atoms with Crippen LogP contribution in [0.3, 0.4) is 0 Å². The van der Waals surface area contributed by atoms with Gasteiger partial charge in [0, 0.05) is 26.7 Å². The molecule has 2 aromatic carbocycles. The van der Waals surface area contributed by atoms with Gasteiger partial charge < -0.3 is 20.1 Å². The van der Waals surface area contributed by atoms with E-state index in [0.717, 1.165) is 43.3 Å². The summed E-state index contributed by atoms with van der Waals surface area (Å²) in [7, 11) is 3.46. The zero-order valence-electron chi connectivity index (χ0n) is 15.7. The fourth-order valence-electron chi connectivity index (χ4n) is 2.49. The Labute approximate surface area is 156 Å². The van der Waals surface area contributed by atoms with Crippen molar-refractivity contribution in [2.24, 2.45) is 4.99 Å². The van der Waals surface area contributed by atoms with Crippen LogP contribution >= 0.6 is 0 Å². The minimum atomic E-state index is 0.679. The third kappa shape index (κ3) is 7.57. The zero-order chi connectivity index (χ0) is 18.5. The number of methoxy groups -OCH3 is 1. The maximum atomic E-state index is 5.69. The number of hydrogen-bond acceptors (Lipinski definition) is 3. The molecule has 0 unspecified atom stereocenters. The molecule has 0 spiro atoms. The molecule has 5 nitrogen and oxygen atoms in total. The molecule has 0 fully saturated rings. The highest BCUT2D eigenvalue weighted by molar-refractivity contribution is 5.79. The number of ether oxygens (including phenoxy) is 2. The van der Waals surface area contributed by atoms with E-state index in [1.54, 1.807) is 14.2 Å². The first-order chi connectivity index (χ1) is 12.8. The Balaban J connectivity index is 1.55. The van der Waals surface area contributed by atoms with Crippen molar-refractivity contribution >= 4 is 5.96 Å². The molecule has 0 bridgehead atoms. The Bertz CT molecular complexity index is 659. The van der Waals surface area contributed by atoms with Crippen LogP contribution in [0.1, 0.15) is 24.0 Å². The second kappa shape index (κ2) is 11.9. The smallest absolute Gasteiger partial charge is 0.191 e. The summed E-state index contributed by atoms with van der Waals surface area (Å²) in [5, 5.41) is 6.64. The van der Waals surface area contributed by atoms with Crippen LogP contribution in [0.5, 0.6) is 5.75 Å². The minimum Gasteiger partial charge on any atom is -0.497 e. The molecule has 0 aliphatic heterocycles. The molecule has 2 N–H and O–H groups in total. The first-order valence-electron chi connectivity index (χ1n) is 9.01. The van der Waals surface area contributed by atoms with Crippen molar-refractivity contribution in [3.63, 3.8) is 0 Å². The first kappa shape index (κ1) is 19.8. The normalized spacial score (nSPS) is 11.2. The SMILES string of the molecule is CN=C(NCCCCOCc1ccccc1)NCc1cccc(OC)c1. The van der Waals surface area contributed by atoms with E-state index in [-0.39, 0.29) is 0 Å². The first-order valence-corrected chi connectivity index (χ1v) is 9.01. The van der Waals surface area contributed by atoms with Gasteiger partial charge in [0.15, 0.2) is 5.96 Å². The van der Waals surface area contributed by atoms with E-state index in [2.05, 4.69) is 33.8 Å². The van der Waals surface area contributed by atoms with Crippen LogP contribution in [0.4, 0.5) is 0 Å². The lowest BCUT2D eigenvalue weighted by Crippen LogP contribution is -2.37. The maximum Gasteiger partial charge on any atom is 0.191 e. The summed E-state index contributed by atoms with van der Waals surface area (Å²) in [5.74, 6) is 1.67. The van der Waals surface area contributed by atoms with Gasteiger partial charge in [-0.2, -0.15) is 0 Å². The van der Waals surface area contributed by atoms with E-state index >= 15 is 0 Å². The summed E-state index contributed by atoms with van der Waals surface area (Å²) < 4.78 is 10.9. The molecular formula is C21H29N3O2. The van der Waals surface area contributed by atoms with Gasteiger partial charge in [0.1, 0.15) is 5.75 Å². The van der Waals surface area contributed by atoms with Gasteiger partial charge in [0.25, 0.3) is 0 Å². The summed E-state index contributed by atoms with van der Waals surface area (Å²) in [6.07, 6.45) is 2.06. The second-order valence-corrected chi connectivity index (χ2v) is 5.95. The largest absolute Gasteiger partial charge is 0.497 e. The molecule has 0 saturated heterocycles. The van der Waals surface area contributed by atoms with Crippen molar-refractivity contribution in [1.29, 1.82) is 0 Å². The number of nitrogens with zero attached hydrogens (tertiary/aromatic N) is 1. The van der Waals surface area contributed by atoms with Gasteiger partial charge in [0.2, 0.25) is 0 Å². The summed E-state index contributed by atoms with van der Waals surface area (Å²) in [5.41, 5.74) is 2.37. The zero-order valence-corrected chi connectivity index (χ0v) is 15.7. The second-order valence-electron chi connectivity index (χ2n) is 5.95. The number of aliphatic imine (C=N–C) groups is 1. The van der Waals surface area contributed by atoms with Gasteiger partial charge in [-0.3, -0.25) is 4.99 Å². The fraction of sp³-hybridized carbons (Fsp3) is 0.381. The van der Waals surface area contributed by atoms with Gasteiger partial charge in [-0.1, -0.05) is 42.5 Å². The monoisotopic (exact) mass is 355 g/mol. The third-order valence-electron chi connectivity index (χ3n) is 3.94. The Morgan fingerprint density at radius 1 is 0.962 bits per heavy atom. The van der Waals surface area contributed by atoms with Crippen molar-refractivity contribution in [2.45, 2.75) is 26.0 Å². The van der Waals surface area contributed by atoms with Gasteiger partial charge in [-0.15, -0.1) is 0 Å². The van der Waals surface area contributed by atoms with Crippen molar-refractivity contribution in [3.05, 3.63) is 65.7 Å². The third-order valence-corrected chi connectivity index (χ3v) is 3.94. The van der Waals surface area contributed by atoms with Gasteiger partial charge in [-0.05, 0) is 36.1 Å². The standard InChI is InChI=1S/C21H29N3O2/c1-22-21(24-16-19-11-8-12-20(15-19)25-2)23-13-6-7-14-26-17-18-9-4-3-5-10-18/h3-5,8-12,15H,6-7,13-14,16-17H2,1-2H3,(H2,22,23,24). The summed E-state index contributed by atoms with van der Waals surface area (Å²) in [6.45, 7) is 3.02. The lowest BCUT2D eigenvalue weighted by Gasteiger charge is -2.12. The number of rotatable bonds is 10. The van der Waals surface area contributed by atoms with E-state index in [4.69, 9.17) is 9.47 Å². The molecule has 2 aromatic rings. The number of nitrogens with one attached hydrogen (secondary N) is 2. The van der Waals surface area contributed by atoms with Crippen LogP contribution in [0.15, 0.2) is 59.6 Å². The summed E-state index contributed by atoms with van der Waals surface area (Å²) in [6, 6.07) is 18.3. The van der Waals surface area contributed by atoms with Crippen LogP contribution < -0.4 is 15.4 Å². The van der Waals surface area contributed by atoms with E-state index < -0.39 is 0 Å². The summed E-state index contributed by atoms with van der Waals surface area (Å²) in [4.78, 5) is 4.25. The lowest BCUT2D eigenvalue weighted by atomic mass is 10.2. The van der Waals surface area contributed by atoms with Crippen molar-refractivity contribution < 1.29 is 9.47 Å². The van der Waals surface area contributed by atoms with Crippen LogP contribution in [-0.2, 0) is 17.9 Å². The van der Waals surface area contributed by atoms with E-state index in [0.29, 0.717) is 13.2 Å². The van der Waals surface area contributed by atoms with E-state index in [1.165, 1.54) is 5.56 Å². The molecule has 0 aliphatic carbocycles. The Morgan fingerprint density at radius 2 is 1.77 bits per heavy atom. The Morgan fingerprint density at radius 3 is 2.54 bits per heavy atom. The molecule has 0 aromatic heterocycles. The molecule has 0 aliphatic rings. The highest BCUT2D eigenvalue weighted by Gasteiger charge is 2.00. The number of benzene rings is 2. The van der Waals surface area contributed by atoms with Gasteiger partial charge >= 0.3 is 0 Å². The van der Waals surface area contributed by atoms with Crippen LogP contribution in [0.2, 0.25) is 0 Å². The fourth-order valence-corrected chi connectivity index (χ4v) is 2.49. The molecular weight excluding hydrogens is 326 g/mol. The van der Waals surface area contributed by atoms with E-state index in [1.807, 2.05) is 36.4 Å². The highest BCUT2D eigenvalue weighted by Crippen LogP contribution is 2.12. The minimum absolute atomic E-state index is 0.679. The number of unbranched alkanes of at least 4 members (excludes halogenated alkanes) is 1. The molecule has 5 heteroatoms. The number of hydrogen-bond donors (Lipinski definition) is 2. The average Bonchev–Trinajstić information content (AvgIpc) is 2.70. The van der Waals surface area contributed by atoms with Crippen molar-refractivity contribution in [2.75, 3.05) is 27.3 Å². The topological polar surface area (TPSA) is 54.9 Å². The molecule has 0 atom stereocenters. The van der Waals surface area contributed by atoms with Crippen LogP contribution in [0.25, 0.3) is 0 Å². The van der Waals surface area contributed by atoms with Crippen LogP contribution in [-0.4, -0.2) is 33.3 Å². The Hall–Kier alpha value is -2.53. The predicted molar refractivity (Wildman–Crippen MR) is 107 cm³/mol. The number of guanidine groups is 1. The summed E-state index contributed by atoms with van der Waals surface area (Å²) >= 11 is 0. The van der Waals surface area contributed by atoms with E-state index in [9.17, 15) is 0 Å². The van der Waals surface area contributed by atoms with Gasteiger partial charge in [0.05, 0.1) is 13.7 Å². The Kier molecular flexibility index (Phi) is 9.08. The van der Waals surface area contributed by atoms with Crippen molar-refractivity contribution in [3.8, 4) is 5.75 Å². The molecule has 2 rings (SSSR count). The highest BCUT2D eigenvalue weighted by atomic mass is 16.5. The van der Waals surface area contributed by atoms with Crippen LogP contribution in [0, 0.1) is 0 Å². The van der Waals surface area contributed by atoms with Crippen molar-refractivity contribution in [1.82, 2.24) is 10.6 Å². The molecule has 0 heterocycles. The maximum absolute atomic E-state index is 5.69. The van der Waals surface area contributed by atoms with Gasteiger partial charge in [-0.25, -0.2) is 0 Å². The molecule has 0 saturated carbocycles. The molecule has 140 valence electrons. The molecule has 26 heavy (non-hydrogen) atoms. The lowest BCUT2D eigenvalue weighted by molar-refractivity contribution is 0.117. The average molecular weight is 355 g/mol. The molecule has 0 radical (unpaired) electrons.